The number of halogens is 1. The van der Waals surface area contributed by atoms with E-state index in [1.807, 2.05) is 29.8 Å². The van der Waals surface area contributed by atoms with Crippen LogP contribution in [0, 0.1) is 6.92 Å². The largest absolute Gasteiger partial charge is 0.497 e. The molecule has 0 unspecified atom stereocenters. The standard InChI is InChI=1S/C13H16ClN3O/c1-9-16-13(8-17(9)6-5-15)11-4-3-10(18-2)7-12(11)14/h3-4,7-8H,5-6,15H2,1-2H3. The predicted molar refractivity (Wildman–Crippen MR) is 73.0 cm³/mol. The fraction of sp³-hybridized carbons (Fsp3) is 0.308. The summed E-state index contributed by atoms with van der Waals surface area (Å²) >= 11 is 6.23. The maximum atomic E-state index is 6.23. The summed E-state index contributed by atoms with van der Waals surface area (Å²) in [6.07, 6.45) is 1.97. The first-order valence-electron chi connectivity index (χ1n) is 5.73. The summed E-state index contributed by atoms with van der Waals surface area (Å²) in [5, 5.41) is 0.631. The van der Waals surface area contributed by atoms with Crippen LogP contribution in [0.25, 0.3) is 11.3 Å². The second kappa shape index (κ2) is 5.42. The maximum absolute atomic E-state index is 6.23. The number of rotatable bonds is 4. The Kier molecular flexibility index (Phi) is 3.89. The molecule has 1 aromatic carbocycles. The average molecular weight is 266 g/mol. The van der Waals surface area contributed by atoms with Crippen molar-refractivity contribution < 1.29 is 4.74 Å². The van der Waals surface area contributed by atoms with Crippen LogP contribution in [0.1, 0.15) is 5.82 Å². The quantitative estimate of drug-likeness (QED) is 0.924. The summed E-state index contributed by atoms with van der Waals surface area (Å²) in [5.74, 6) is 1.67. The van der Waals surface area contributed by atoms with Crippen LogP contribution in [0.15, 0.2) is 24.4 Å². The molecule has 0 aliphatic carbocycles. The minimum atomic E-state index is 0.590. The van der Waals surface area contributed by atoms with Crippen molar-refractivity contribution in [3.05, 3.63) is 35.2 Å². The lowest BCUT2D eigenvalue weighted by Gasteiger charge is -2.04. The molecule has 0 atom stereocenters. The van der Waals surface area contributed by atoms with Crippen molar-refractivity contribution >= 4 is 11.6 Å². The van der Waals surface area contributed by atoms with E-state index in [1.165, 1.54) is 0 Å². The second-order valence-corrected chi connectivity index (χ2v) is 4.41. The van der Waals surface area contributed by atoms with Gasteiger partial charge < -0.3 is 15.0 Å². The molecule has 0 spiro atoms. The van der Waals surface area contributed by atoms with Crippen LogP contribution in [0.3, 0.4) is 0 Å². The summed E-state index contributed by atoms with van der Waals surface area (Å²) in [6, 6.07) is 5.57. The Morgan fingerprint density at radius 3 is 2.83 bits per heavy atom. The van der Waals surface area contributed by atoms with Gasteiger partial charge in [0.15, 0.2) is 0 Å². The normalized spacial score (nSPS) is 10.7. The lowest BCUT2D eigenvalue weighted by atomic mass is 10.1. The Balaban J connectivity index is 2.39. The molecule has 0 fully saturated rings. The van der Waals surface area contributed by atoms with Gasteiger partial charge in [0.2, 0.25) is 0 Å². The topological polar surface area (TPSA) is 53.1 Å². The zero-order chi connectivity index (χ0) is 13.1. The first kappa shape index (κ1) is 12.9. The smallest absolute Gasteiger partial charge is 0.120 e. The monoisotopic (exact) mass is 265 g/mol. The number of hydrogen-bond acceptors (Lipinski definition) is 3. The molecular formula is C13H16ClN3O. The van der Waals surface area contributed by atoms with Crippen molar-refractivity contribution in [2.24, 2.45) is 5.73 Å². The molecule has 0 aliphatic rings. The van der Waals surface area contributed by atoms with Crippen LogP contribution < -0.4 is 10.5 Å². The minimum Gasteiger partial charge on any atom is -0.497 e. The highest BCUT2D eigenvalue weighted by Gasteiger charge is 2.10. The molecule has 0 radical (unpaired) electrons. The molecule has 1 heterocycles. The van der Waals surface area contributed by atoms with E-state index in [1.54, 1.807) is 13.2 Å². The van der Waals surface area contributed by atoms with Crippen LogP contribution in [0.4, 0.5) is 0 Å². The van der Waals surface area contributed by atoms with Crippen LogP contribution in [-0.2, 0) is 6.54 Å². The van der Waals surface area contributed by atoms with Crippen molar-refractivity contribution in [3.8, 4) is 17.0 Å². The molecule has 18 heavy (non-hydrogen) atoms. The van der Waals surface area contributed by atoms with Crippen LogP contribution in [-0.4, -0.2) is 23.2 Å². The molecule has 5 heteroatoms. The Bertz CT molecular complexity index is 551. The summed E-state index contributed by atoms with van der Waals surface area (Å²) < 4.78 is 7.15. The van der Waals surface area contributed by atoms with Crippen LogP contribution in [0.2, 0.25) is 5.02 Å². The molecule has 0 aliphatic heterocycles. The number of aryl methyl sites for hydroxylation is 1. The van der Waals surface area contributed by atoms with Crippen LogP contribution >= 0.6 is 11.6 Å². The second-order valence-electron chi connectivity index (χ2n) is 4.00. The van der Waals surface area contributed by atoms with Crippen molar-refractivity contribution in [2.45, 2.75) is 13.5 Å². The summed E-state index contributed by atoms with van der Waals surface area (Å²) in [5.41, 5.74) is 7.31. The number of nitrogens with two attached hydrogens (primary N) is 1. The first-order valence-corrected chi connectivity index (χ1v) is 6.11. The molecule has 1 aromatic heterocycles. The fourth-order valence-corrected chi connectivity index (χ4v) is 2.10. The van der Waals surface area contributed by atoms with Gasteiger partial charge in [-0.15, -0.1) is 0 Å². The van der Waals surface area contributed by atoms with Crippen molar-refractivity contribution in [3.63, 3.8) is 0 Å². The number of hydrogen-bond donors (Lipinski definition) is 1. The highest BCUT2D eigenvalue weighted by Crippen LogP contribution is 2.30. The van der Waals surface area contributed by atoms with Gasteiger partial charge >= 0.3 is 0 Å². The Morgan fingerprint density at radius 2 is 2.22 bits per heavy atom. The highest BCUT2D eigenvalue weighted by molar-refractivity contribution is 6.33. The van der Waals surface area contributed by atoms with Crippen molar-refractivity contribution in [2.75, 3.05) is 13.7 Å². The van der Waals surface area contributed by atoms with Gasteiger partial charge in [-0.1, -0.05) is 11.6 Å². The predicted octanol–water partition coefficient (Wildman–Crippen LogP) is 2.48. The van der Waals surface area contributed by atoms with E-state index in [9.17, 15) is 0 Å². The number of ether oxygens (including phenoxy) is 1. The van der Waals surface area contributed by atoms with Gasteiger partial charge in [-0.3, -0.25) is 0 Å². The van der Waals surface area contributed by atoms with Gasteiger partial charge in [-0.2, -0.15) is 0 Å². The molecule has 2 aromatic rings. The molecule has 0 amide bonds. The molecule has 96 valence electrons. The summed E-state index contributed by atoms with van der Waals surface area (Å²) in [4.78, 5) is 4.50. The van der Waals surface area contributed by atoms with Gasteiger partial charge in [-0.25, -0.2) is 4.98 Å². The third kappa shape index (κ3) is 2.49. The Labute approximate surface area is 111 Å². The zero-order valence-corrected chi connectivity index (χ0v) is 11.2. The number of benzene rings is 1. The van der Waals surface area contributed by atoms with Gasteiger partial charge in [0.25, 0.3) is 0 Å². The first-order chi connectivity index (χ1) is 8.65. The van der Waals surface area contributed by atoms with Gasteiger partial charge in [-0.05, 0) is 25.1 Å². The zero-order valence-electron chi connectivity index (χ0n) is 10.5. The maximum Gasteiger partial charge on any atom is 0.120 e. The highest BCUT2D eigenvalue weighted by atomic mass is 35.5. The van der Waals surface area contributed by atoms with E-state index in [2.05, 4.69) is 4.98 Å². The van der Waals surface area contributed by atoms with E-state index in [-0.39, 0.29) is 0 Å². The number of aromatic nitrogens is 2. The Hall–Kier alpha value is -1.52. The number of methoxy groups -OCH3 is 1. The van der Waals surface area contributed by atoms with Gasteiger partial charge in [0, 0.05) is 24.8 Å². The summed E-state index contributed by atoms with van der Waals surface area (Å²) in [7, 11) is 1.62. The Morgan fingerprint density at radius 1 is 1.44 bits per heavy atom. The molecule has 2 N–H and O–H groups in total. The molecule has 0 bridgehead atoms. The fourth-order valence-electron chi connectivity index (χ4n) is 1.83. The lowest BCUT2D eigenvalue weighted by Crippen LogP contribution is -2.10. The molecular weight excluding hydrogens is 250 g/mol. The van der Waals surface area contributed by atoms with Crippen molar-refractivity contribution in [1.29, 1.82) is 0 Å². The molecule has 0 saturated carbocycles. The third-order valence-corrected chi connectivity index (χ3v) is 3.11. The van der Waals surface area contributed by atoms with Crippen LogP contribution in [0.5, 0.6) is 5.75 Å². The summed E-state index contributed by atoms with van der Waals surface area (Å²) in [6.45, 7) is 3.30. The number of nitrogens with zero attached hydrogens (tertiary/aromatic N) is 2. The third-order valence-electron chi connectivity index (χ3n) is 2.80. The van der Waals surface area contributed by atoms with E-state index in [0.717, 1.165) is 29.4 Å². The van der Waals surface area contributed by atoms with Gasteiger partial charge in [0.1, 0.15) is 11.6 Å². The number of imidazole rings is 1. The molecule has 0 saturated heterocycles. The van der Waals surface area contributed by atoms with Gasteiger partial charge in [0.05, 0.1) is 17.8 Å². The minimum absolute atomic E-state index is 0.590. The van der Waals surface area contributed by atoms with E-state index in [4.69, 9.17) is 22.1 Å². The van der Waals surface area contributed by atoms with Crippen molar-refractivity contribution in [1.82, 2.24) is 9.55 Å². The lowest BCUT2D eigenvalue weighted by molar-refractivity contribution is 0.415. The van der Waals surface area contributed by atoms with E-state index < -0.39 is 0 Å². The average Bonchev–Trinajstić information content (AvgIpc) is 2.71. The SMILES string of the molecule is COc1ccc(-c2cn(CCN)c(C)n2)c(Cl)c1. The molecule has 2 rings (SSSR count). The molecule has 4 nitrogen and oxygen atoms in total. The van der Waals surface area contributed by atoms with E-state index in [0.29, 0.717) is 11.6 Å². The van der Waals surface area contributed by atoms with E-state index >= 15 is 0 Å².